The summed E-state index contributed by atoms with van der Waals surface area (Å²) in [4.78, 5) is 0. The molecule has 2 aromatic rings. The average molecular weight is 302 g/mol. The van der Waals surface area contributed by atoms with Gasteiger partial charge < -0.3 is 9.84 Å². The van der Waals surface area contributed by atoms with E-state index in [1.165, 1.54) is 0 Å². The number of nitriles is 1. The molecule has 0 radical (unpaired) electrons. The van der Waals surface area contributed by atoms with E-state index in [4.69, 9.17) is 21.6 Å². The topological polar surface area (TPSA) is 53.2 Å². The van der Waals surface area contributed by atoms with E-state index in [9.17, 15) is 5.11 Å². The van der Waals surface area contributed by atoms with Gasteiger partial charge in [0.15, 0.2) is 6.10 Å². The van der Waals surface area contributed by atoms with Crippen LogP contribution in [0.2, 0.25) is 5.02 Å². The van der Waals surface area contributed by atoms with Gasteiger partial charge in [-0.15, -0.1) is 0 Å². The van der Waals surface area contributed by atoms with Gasteiger partial charge in [-0.2, -0.15) is 5.26 Å². The molecule has 0 amide bonds. The fourth-order valence-corrected chi connectivity index (χ4v) is 2.22. The van der Waals surface area contributed by atoms with Gasteiger partial charge in [0.1, 0.15) is 12.4 Å². The Morgan fingerprint density at radius 2 is 2.00 bits per heavy atom. The molecule has 4 heteroatoms. The minimum atomic E-state index is -1.21. The molecule has 0 aliphatic heterocycles. The van der Waals surface area contributed by atoms with Crippen LogP contribution in [0.4, 0.5) is 0 Å². The summed E-state index contributed by atoms with van der Waals surface area (Å²) in [6, 6.07) is 12.9. The van der Waals surface area contributed by atoms with Crippen LogP contribution in [0, 0.1) is 25.2 Å². The molecule has 0 spiro atoms. The third-order valence-electron chi connectivity index (χ3n) is 3.25. The highest BCUT2D eigenvalue weighted by Crippen LogP contribution is 2.25. The van der Waals surface area contributed by atoms with E-state index in [1.807, 2.05) is 38.1 Å². The molecule has 2 rings (SSSR count). The van der Waals surface area contributed by atoms with Crippen LogP contribution >= 0.6 is 11.6 Å². The Labute approximate surface area is 129 Å². The van der Waals surface area contributed by atoms with Crippen molar-refractivity contribution in [3.05, 3.63) is 63.7 Å². The Kier molecular flexibility index (Phi) is 4.85. The number of benzene rings is 2. The summed E-state index contributed by atoms with van der Waals surface area (Å²) in [5.41, 5.74) is 3.38. The van der Waals surface area contributed by atoms with Gasteiger partial charge in [0.05, 0.1) is 6.07 Å². The lowest BCUT2D eigenvalue weighted by Gasteiger charge is -2.14. The van der Waals surface area contributed by atoms with Crippen LogP contribution in [0.5, 0.6) is 5.75 Å². The van der Waals surface area contributed by atoms with Crippen molar-refractivity contribution in [2.24, 2.45) is 0 Å². The van der Waals surface area contributed by atoms with Crippen molar-refractivity contribution in [1.29, 1.82) is 5.26 Å². The molecule has 2 aromatic carbocycles. The van der Waals surface area contributed by atoms with Crippen LogP contribution in [0.25, 0.3) is 0 Å². The first-order chi connectivity index (χ1) is 10.0. The van der Waals surface area contributed by atoms with E-state index in [-0.39, 0.29) is 6.61 Å². The fraction of sp³-hybridized carbons (Fsp3) is 0.235. The van der Waals surface area contributed by atoms with E-state index in [0.717, 1.165) is 22.4 Å². The number of rotatable bonds is 4. The molecule has 0 fully saturated rings. The Hall–Kier alpha value is -2.02. The van der Waals surface area contributed by atoms with Crippen molar-refractivity contribution in [1.82, 2.24) is 0 Å². The van der Waals surface area contributed by atoms with Crippen molar-refractivity contribution in [2.45, 2.75) is 26.6 Å². The minimum absolute atomic E-state index is 0.273. The molecule has 0 aliphatic carbocycles. The second-order valence-corrected chi connectivity index (χ2v) is 5.37. The molecular weight excluding hydrogens is 286 g/mol. The lowest BCUT2D eigenvalue weighted by Crippen LogP contribution is -2.04. The second-order valence-electron chi connectivity index (χ2n) is 4.93. The molecule has 21 heavy (non-hydrogen) atoms. The fourth-order valence-electron chi connectivity index (χ4n) is 2.04. The average Bonchev–Trinajstić information content (AvgIpc) is 2.48. The number of aliphatic hydroxyl groups is 1. The number of aliphatic hydroxyl groups excluding tert-OH is 1. The van der Waals surface area contributed by atoms with Crippen molar-refractivity contribution in [2.75, 3.05) is 0 Å². The molecule has 0 heterocycles. The molecule has 0 bridgehead atoms. The third kappa shape index (κ3) is 3.75. The number of hydrogen-bond acceptors (Lipinski definition) is 3. The predicted octanol–water partition coefficient (Wildman–Crippen LogP) is 4.09. The molecule has 108 valence electrons. The summed E-state index contributed by atoms with van der Waals surface area (Å²) in [6.45, 7) is 4.25. The number of aryl methyl sites for hydroxylation is 2. The highest BCUT2D eigenvalue weighted by molar-refractivity contribution is 6.30. The first kappa shape index (κ1) is 15.4. The smallest absolute Gasteiger partial charge is 0.166 e. The van der Waals surface area contributed by atoms with E-state index in [1.54, 1.807) is 18.2 Å². The SMILES string of the molecule is Cc1ccc(C)c(OCc2ccc(Cl)cc2[C@@H](O)C#N)c1. The molecular formula is C17H16ClNO2. The minimum Gasteiger partial charge on any atom is -0.489 e. The summed E-state index contributed by atoms with van der Waals surface area (Å²) in [6.07, 6.45) is -1.21. The van der Waals surface area contributed by atoms with Crippen molar-refractivity contribution in [3.8, 4) is 11.8 Å². The maximum Gasteiger partial charge on any atom is 0.166 e. The summed E-state index contributed by atoms with van der Waals surface area (Å²) >= 11 is 5.92. The summed E-state index contributed by atoms with van der Waals surface area (Å²) < 4.78 is 5.82. The molecule has 0 aliphatic rings. The van der Waals surface area contributed by atoms with Gasteiger partial charge >= 0.3 is 0 Å². The van der Waals surface area contributed by atoms with E-state index in [0.29, 0.717) is 10.6 Å². The third-order valence-corrected chi connectivity index (χ3v) is 3.49. The molecule has 0 saturated carbocycles. The maximum absolute atomic E-state index is 9.76. The van der Waals surface area contributed by atoms with Crippen LogP contribution in [0.15, 0.2) is 36.4 Å². The first-order valence-electron chi connectivity index (χ1n) is 6.57. The van der Waals surface area contributed by atoms with Crippen LogP contribution in [0.1, 0.15) is 28.4 Å². The highest BCUT2D eigenvalue weighted by atomic mass is 35.5. The van der Waals surface area contributed by atoms with E-state index in [2.05, 4.69) is 0 Å². The van der Waals surface area contributed by atoms with Gasteiger partial charge in [-0.25, -0.2) is 0 Å². The summed E-state index contributed by atoms with van der Waals surface area (Å²) in [5, 5.41) is 19.1. The molecule has 0 aromatic heterocycles. The van der Waals surface area contributed by atoms with Gasteiger partial charge in [0.2, 0.25) is 0 Å². The zero-order valence-corrected chi connectivity index (χ0v) is 12.7. The number of hydrogen-bond donors (Lipinski definition) is 1. The van der Waals surface area contributed by atoms with Crippen molar-refractivity contribution >= 4 is 11.6 Å². The quantitative estimate of drug-likeness (QED) is 0.865. The standard InChI is InChI=1S/C17H16ClNO2/c1-11-3-4-12(2)17(7-11)21-10-13-5-6-14(18)8-15(13)16(20)9-19/h3-8,16,20H,10H2,1-2H3/t16-/m0/s1. The van der Waals surface area contributed by atoms with Crippen LogP contribution < -0.4 is 4.74 Å². The number of halogens is 1. The Bertz CT molecular complexity index is 692. The lowest BCUT2D eigenvalue weighted by molar-refractivity contribution is 0.229. The largest absolute Gasteiger partial charge is 0.489 e. The van der Waals surface area contributed by atoms with Gasteiger partial charge in [0, 0.05) is 10.6 Å². The van der Waals surface area contributed by atoms with Gasteiger partial charge in [-0.1, -0.05) is 29.8 Å². The monoisotopic (exact) mass is 301 g/mol. The zero-order chi connectivity index (χ0) is 15.4. The Balaban J connectivity index is 2.24. The number of nitrogens with zero attached hydrogens (tertiary/aromatic N) is 1. The van der Waals surface area contributed by atoms with E-state index >= 15 is 0 Å². The normalized spacial score (nSPS) is 11.8. The van der Waals surface area contributed by atoms with Crippen LogP contribution in [0.3, 0.4) is 0 Å². The molecule has 1 N–H and O–H groups in total. The molecule has 0 saturated heterocycles. The Morgan fingerprint density at radius 3 is 2.71 bits per heavy atom. The maximum atomic E-state index is 9.76. The second kappa shape index (κ2) is 6.62. The lowest BCUT2D eigenvalue weighted by atomic mass is 10.0. The van der Waals surface area contributed by atoms with E-state index < -0.39 is 6.10 Å². The van der Waals surface area contributed by atoms with Gasteiger partial charge in [-0.05, 0) is 48.7 Å². The van der Waals surface area contributed by atoms with Crippen molar-refractivity contribution < 1.29 is 9.84 Å². The van der Waals surface area contributed by atoms with Gasteiger partial charge in [0.25, 0.3) is 0 Å². The Morgan fingerprint density at radius 1 is 1.24 bits per heavy atom. The number of ether oxygens (including phenoxy) is 1. The first-order valence-corrected chi connectivity index (χ1v) is 6.95. The molecule has 0 unspecified atom stereocenters. The molecule has 3 nitrogen and oxygen atoms in total. The van der Waals surface area contributed by atoms with Crippen LogP contribution in [-0.2, 0) is 6.61 Å². The van der Waals surface area contributed by atoms with Crippen LogP contribution in [-0.4, -0.2) is 5.11 Å². The summed E-state index contributed by atoms with van der Waals surface area (Å²) in [5.74, 6) is 0.794. The highest BCUT2D eigenvalue weighted by Gasteiger charge is 2.13. The molecule has 1 atom stereocenters. The predicted molar refractivity (Wildman–Crippen MR) is 82.3 cm³/mol. The van der Waals surface area contributed by atoms with Gasteiger partial charge in [-0.3, -0.25) is 0 Å². The summed E-state index contributed by atoms with van der Waals surface area (Å²) in [7, 11) is 0. The van der Waals surface area contributed by atoms with Crippen molar-refractivity contribution in [3.63, 3.8) is 0 Å². The zero-order valence-electron chi connectivity index (χ0n) is 11.9.